The predicted octanol–water partition coefficient (Wildman–Crippen LogP) is 5.29. The van der Waals surface area contributed by atoms with Gasteiger partial charge in [-0.3, -0.25) is 4.98 Å². The number of hydrogen-bond donors (Lipinski definition) is 1. The van der Waals surface area contributed by atoms with Crippen LogP contribution in [0.5, 0.6) is 0 Å². The van der Waals surface area contributed by atoms with E-state index < -0.39 is 0 Å². The van der Waals surface area contributed by atoms with E-state index in [1.165, 1.54) is 5.56 Å². The van der Waals surface area contributed by atoms with Gasteiger partial charge in [0.2, 0.25) is 0 Å². The van der Waals surface area contributed by atoms with Crippen molar-refractivity contribution >= 4 is 11.7 Å². The van der Waals surface area contributed by atoms with E-state index in [4.69, 9.17) is 0 Å². The van der Waals surface area contributed by atoms with Crippen LogP contribution in [0.1, 0.15) is 51.4 Å². The maximum Gasteiger partial charge on any atom is 0.322 e. The number of amides is 2. The summed E-state index contributed by atoms with van der Waals surface area (Å²) in [5, 5.41) is 3.03. The Morgan fingerprint density at radius 2 is 1.84 bits per heavy atom. The highest BCUT2D eigenvalue weighted by Gasteiger charge is 2.22. The van der Waals surface area contributed by atoms with E-state index in [0.29, 0.717) is 12.5 Å². The first kappa shape index (κ1) is 19.0. The summed E-state index contributed by atoms with van der Waals surface area (Å²) >= 11 is 0. The molecule has 1 heterocycles. The minimum atomic E-state index is -0.0805. The third kappa shape index (κ3) is 5.59. The highest BCUT2D eigenvalue weighted by molar-refractivity contribution is 5.89. The largest absolute Gasteiger partial charge is 0.322 e. The van der Waals surface area contributed by atoms with Gasteiger partial charge in [0.25, 0.3) is 0 Å². The van der Waals surface area contributed by atoms with Crippen molar-refractivity contribution in [2.75, 3.05) is 11.9 Å². The predicted molar refractivity (Wildman–Crippen MR) is 104 cm³/mol. The maximum absolute atomic E-state index is 12.9. The van der Waals surface area contributed by atoms with Gasteiger partial charge >= 0.3 is 6.03 Å². The summed E-state index contributed by atoms with van der Waals surface area (Å²) in [4.78, 5) is 19.2. The first-order valence-corrected chi connectivity index (χ1v) is 9.08. The Labute approximate surface area is 151 Å². The Bertz CT molecular complexity index is 653. The fourth-order valence-electron chi connectivity index (χ4n) is 2.67. The maximum atomic E-state index is 12.9. The number of pyridine rings is 1. The van der Waals surface area contributed by atoms with E-state index in [2.05, 4.69) is 43.2 Å². The number of nitrogens with zero attached hydrogens (tertiary/aromatic N) is 2. The molecule has 25 heavy (non-hydrogen) atoms. The molecular formula is C21H29N3O. The fraction of sp³-hybridized carbons (Fsp3) is 0.429. The van der Waals surface area contributed by atoms with Crippen LogP contribution in [0.4, 0.5) is 10.5 Å². The number of aryl methyl sites for hydroxylation is 1. The van der Waals surface area contributed by atoms with Crippen molar-refractivity contribution in [2.45, 2.75) is 46.6 Å². The van der Waals surface area contributed by atoms with Gasteiger partial charge in [0.15, 0.2) is 0 Å². The van der Waals surface area contributed by atoms with Crippen LogP contribution in [0.2, 0.25) is 0 Å². The first-order chi connectivity index (χ1) is 12.0. The molecule has 1 unspecified atom stereocenters. The van der Waals surface area contributed by atoms with Crippen LogP contribution in [0.15, 0.2) is 48.7 Å². The molecule has 1 aromatic carbocycles. The Morgan fingerprint density at radius 1 is 1.12 bits per heavy atom. The number of carbonyl (C=O) groups is 1. The van der Waals surface area contributed by atoms with Crippen molar-refractivity contribution in [3.8, 4) is 0 Å². The van der Waals surface area contributed by atoms with Gasteiger partial charge in [-0.2, -0.15) is 0 Å². The zero-order valence-electron chi connectivity index (χ0n) is 15.7. The highest BCUT2D eigenvalue weighted by Crippen LogP contribution is 2.21. The van der Waals surface area contributed by atoms with Gasteiger partial charge in [-0.25, -0.2) is 4.79 Å². The smallest absolute Gasteiger partial charge is 0.316 e. The van der Waals surface area contributed by atoms with Gasteiger partial charge < -0.3 is 10.2 Å². The summed E-state index contributed by atoms with van der Waals surface area (Å²) in [7, 11) is 0. The molecule has 2 aromatic rings. The molecule has 0 aliphatic heterocycles. The van der Waals surface area contributed by atoms with Crippen molar-refractivity contribution in [2.24, 2.45) is 5.92 Å². The summed E-state index contributed by atoms with van der Waals surface area (Å²) in [6.07, 6.45) is 3.72. The number of nitrogens with one attached hydrogen (secondary N) is 1. The van der Waals surface area contributed by atoms with Gasteiger partial charge in [-0.15, -0.1) is 0 Å². The zero-order valence-corrected chi connectivity index (χ0v) is 15.7. The fourth-order valence-corrected chi connectivity index (χ4v) is 2.67. The molecule has 2 amide bonds. The standard InChI is InChI=1S/C21H29N3O/c1-5-18-9-11-19(12-10-18)23-21(25)24(15-13-16(2)3)17(4)20-8-6-7-14-22-20/h6-12,14,16-17H,5,13,15H2,1-4H3,(H,23,25). The number of carbonyl (C=O) groups excluding carboxylic acids is 1. The zero-order chi connectivity index (χ0) is 18.2. The molecule has 1 atom stereocenters. The summed E-state index contributed by atoms with van der Waals surface area (Å²) in [6, 6.07) is 13.7. The second-order valence-corrected chi connectivity index (χ2v) is 6.79. The lowest BCUT2D eigenvalue weighted by atomic mass is 10.1. The number of urea groups is 1. The van der Waals surface area contributed by atoms with E-state index in [1.54, 1.807) is 6.20 Å². The molecule has 0 spiro atoms. The number of anilines is 1. The third-order valence-electron chi connectivity index (χ3n) is 4.40. The van der Waals surface area contributed by atoms with Gasteiger partial charge in [0, 0.05) is 18.4 Å². The minimum Gasteiger partial charge on any atom is -0.316 e. The number of benzene rings is 1. The van der Waals surface area contributed by atoms with E-state index >= 15 is 0 Å². The third-order valence-corrected chi connectivity index (χ3v) is 4.40. The molecule has 4 heteroatoms. The Morgan fingerprint density at radius 3 is 2.40 bits per heavy atom. The lowest BCUT2D eigenvalue weighted by molar-refractivity contribution is 0.187. The SMILES string of the molecule is CCc1ccc(NC(=O)N(CCC(C)C)C(C)c2ccccn2)cc1. The normalized spacial score (nSPS) is 12.0. The average molecular weight is 339 g/mol. The molecule has 0 radical (unpaired) electrons. The second-order valence-electron chi connectivity index (χ2n) is 6.79. The van der Waals surface area contributed by atoms with Crippen LogP contribution >= 0.6 is 0 Å². The van der Waals surface area contributed by atoms with Crippen molar-refractivity contribution in [3.63, 3.8) is 0 Å². The van der Waals surface area contributed by atoms with Crippen molar-refractivity contribution in [1.29, 1.82) is 0 Å². The number of rotatable bonds is 7. The van der Waals surface area contributed by atoms with Crippen LogP contribution in [0.25, 0.3) is 0 Å². The molecule has 1 N–H and O–H groups in total. The summed E-state index contributed by atoms with van der Waals surface area (Å²) in [5.74, 6) is 0.537. The van der Waals surface area contributed by atoms with Crippen LogP contribution < -0.4 is 5.32 Å². The van der Waals surface area contributed by atoms with Crippen molar-refractivity contribution < 1.29 is 4.79 Å². The second kappa shape index (κ2) is 9.21. The van der Waals surface area contributed by atoms with E-state index in [9.17, 15) is 4.79 Å². The topological polar surface area (TPSA) is 45.2 Å². The molecule has 0 saturated carbocycles. The van der Waals surface area contributed by atoms with E-state index in [-0.39, 0.29) is 12.1 Å². The first-order valence-electron chi connectivity index (χ1n) is 9.08. The van der Waals surface area contributed by atoms with Crippen LogP contribution in [-0.4, -0.2) is 22.5 Å². The highest BCUT2D eigenvalue weighted by atomic mass is 16.2. The van der Waals surface area contributed by atoms with Crippen LogP contribution in [0.3, 0.4) is 0 Å². The monoisotopic (exact) mass is 339 g/mol. The Kier molecular flexibility index (Phi) is 6.99. The molecule has 0 bridgehead atoms. The van der Waals surface area contributed by atoms with Crippen molar-refractivity contribution in [3.05, 3.63) is 59.9 Å². The van der Waals surface area contributed by atoms with Crippen molar-refractivity contribution in [1.82, 2.24) is 9.88 Å². The molecule has 134 valence electrons. The van der Waals surface area contributed by atoms with Gasteiger partial charge in [0.05, 0.1) is 11.7 Å². The molecule has 0 aliphatic rings. The summed E-state index contributed by atoms with van der Waals surface area (Å²) in [5.41, 5.74) is 2.99. The Balaban J connectivity index is 2.13. The number of aromatic nitrogens is 1. The van der Waals surface area contributed by atoms with E-state index in [0.717, 1.165) is 24.2 Å². The molecule has 2 rings (SSSR count). The minimum absolute atomic E-state index is 0.0742. The number of hydrogen-bond acceptors (Lipinski definition) is 2. The molecule has 0 aliphatic carbocycles. The molecule has 0 fully saturated rings. The summed E-state index contributed by atoms with van der Waals surface area (Å²) < 4.78 is 0. The van der Waals surface area contributed by atoms with Crippen LogP contribution in [0, 0.1) is 5.92 Å². The van der Waals surface area contributed by atoms with Crippen LogP contribution in [-0.2, 0) is 6.42 Å². The molecule has 1 aromatic heterocycles. The quantitative estimate of drug-likeness (QED) is 0.745. The average Bonchev–Trinajstić information content (AvgIpc) is 2.63. The Hall–Kier alpha value is -2.36. The van der Waals surface area contributed by atoms with E-state index in [1.807, 2.05) is 42.2 Å². The lowest BCUT2D eigenvalue weighted by Gasteiger charge is -2.29. The van der Waals surface area contributed by atoms with Gasteiger partial charge in [-0.05, 0) is 55.5 Å². The molecular weight excluding hydrogens is 310 g/mol. The summed E-state index contributed by atoms with van der Waals surface area (Å²) in [6.45, 7) is 9.20. The lowest BCUT2D eigenvalue weighted by Crippen LogP contribution is -2.38. The molecule has 0 saturated heterocycles. The van der Waals surface area contributed by atoms with Gasteiger partial charge in [-0.1, -0.05) is 39.0 Å². The van der Waals surface area contributed by atoms with Gasteiger partial charge in [0.1, 0.15) is 0 Å². The molecule has 4 nitrogen and oxygen atoms in total.